The molecule has 3 aliphatic heterocycles. The third-order valence-electron chi connectivity index (χ3n) is 9.73. The summed E-state index contributed by atoms with van der Waals surface area (Å²) >= 11 is 0. The van der Waals surface area contributed by atoms with E-state index in [9.17, 15) is 29.4 Å². The van der Waals surface area contributed by atoms with Crippen molar-refractivity contribution in [3.05, 3.63) is 23.5 Å². The fourth-order valence-electron chi connectivity index (χ4n) is 8.64. The first kappa shape index (κ1) is 23.6. The average molecular weight is 504 g/mol. The lowest BCUT2D eigenvalue weighted by molar-refractivity contribution is -0.289. The highest BCUT2D eigenvalue weighted by atomic mass is 16.6. The number of fused-ring (bicyclic) bond motifs is 4. The van der Waals surface area contributed by atoms with Gasteiger partial charge in [-0.05, 0) is 24.3 Å². The summed E-state index contributed by atoms with van der Waals surface area (Å²) in [6.45, 7) is 4.81. The zero-order valence-corrected chi connectivity index (χ0v) is 20.3. The average Bonchev–Trinajstić information content (AvgIpc) is 3.34. The molecule has 4 fully saturated rings. The van der Waals surface area contributed by atoms with Crippen LogP contribution in [-0.4, -0.2) is 77.8 Å². The van der Waals surface area contributed by atoms with Crippen LogP contribution in [0.4, 0.5) is 0 Å². The Hall–Kier alpha value is -2.76. The predicted molar refractivity (Wildman–Crippen MR) is 115 cm³/mol. The van der Waals surface area contributed by atoms with E-state index < -0.39 is 76.6 Å². The van der Waals surface area contributed by atoms with Gasteiger partial charge in [0.15, 0.2) is 0 Å². The van der Waals surface area contributed by atoms with Crippen molar-refractivity contribution in [2.45, 2.75) is 57.2 Å². The fraction of sp³-hybridized carbons (Fsp3) is 0.680. The standard InChI is InChI=1S/C25H28O11/c1-9-5-13-12(7-15(27)35-13)23(3)11(9)6-14-24-8-33-25(22(31)32-4,20(29)16(28)18(23)24)19(24)17(21(30)36-14)34-10(2)26/h5,7,9,11,14,16-20,28-29H,6,8H2,1-4H3. The van der Waals surface area contributed by atoms with Crippen molar-refractivity contribution in [2.75, 3.05) is 13.7 Å². The van der Waals surface area contributed by atoms with E-state index in [1.807, 2.05) is 19.9 Å². The van der Waals surface area contributed by atoms with Crippen LogP contribution < -0.4 is 0 Å². The first-order valence-electron chi connectivity index (χ1n) is 12.1. The molecule has 0 aromatic rings. The molecule has 2 N–H and O–H groups in total. The summed E-state index contributed by atoms with van der Waals surface area (Å²) in [4.78, 5) is 50.9. The van der Waals surface area contributed by atoms with Crippen LogP contribution in [0.3, 0.4) is 0 Å². The second kappa shape index (κ2) is 7.17. The third kappa shape index (κ3) is 2.44. The molecular formula is C25H28O11. The number of esters is 4. The summed E-state index contributed by atoms with van der Waals surface area (Å²) in [7, 11) is 1.11. The van der Waals surface area contributed by atoms with Gasteiger partial charge < -0.3 is 33.9 Å². The van der Waals surface area contributed by atoms with Gasteiger partial charge in [0.2, 0.25) is 11.7 Å². The zero-order valence-electron chi connectivity index (χ0n) is 20.3. The van der Waals surface area contributed by atoms with Gasteiger partial charge in [-0.2, -0.15) is 0 Å². The van der Waals surface area contributed by atoms with Crippen LogP contribution in [0.2, 0.25) is 0 Å². The molecule has 11 atom stereocenters. The quantitative estimate of drug-likeness (QED) is 0.379. The number of carbonyl (C=O) groups excluding carboxylic acids is 4. The molecule has 6 rings (SSSR count). The molecule has 3 aliphatic carbocycles. The molecular weight excluding hydrogens is 476 g/mol. The van der Waals surface area contributed by atoms with Crippen LogP contribution in [0.5, 0.6) is 0 Å². The molecule has 0 radical (unpaired) electrons. The van der Waals surface area contributed by atoms with Crippen molar-refractivity contribution in [1.29, 1.82) is 0 Å². The normalized spacial score (nSPS) is 49.9. The van der Waals surface area contributed by atoms with E-state index in [-0.39, 0.29) is 18.4 Å². The maximum absolute atomic E-state index is 13.3. The predicted octanol–water partition coefficient (Wildman–Crippen LogP) is -0.217. The van der Waals surface area contributed by atoms with Gasteiger partial charge in [0.05, 0.1) is 25.7 Å². The first-order valence-corrected chi connectivity index (χ1v) is 12.1. The highest BCUT2D eigenvalue weighted by molar-refractivity contribution is 5.90. The molecule has 194 valence electrons. The van der Waals surface area contributed by atoms with Gasteiger partial charge in [0, 0.05) is 35.3 Å². The van der Waals surface area contributed by atoms with Crippen LogP contribution in [0.1, 0.15) is 27.2 Å². The smallest absolute Gasteiger partial charge is 0.348 e. The van der Waals surface area contributed by atoms with Crippen molar-refractivity contribution in [3.8, 4) is 0 Å². The summed E-state index contributed by atoms with van der Waals surface area (Å²) in [5, 5.41) is 23.3. The lowest BCUT2D eigenvalue weighted by atomic mass is 9.37. The monoisotopic (exact) mass is 504 g/mol. The van der Waals surface area contributed by atoms with Crippen LogP contribution in [0.25, 0.3) is 0 Å². The van der Waals surface area contributed by atoms with E-state index in [0.717, 1.165) is 14.0 Å². The number of carbonyl (C=O) groups is 4. The molecule has 11 nitrogen and oxygen atoms in total. The van der Waals surface area contributed by atoms with Crippen molar-refractivity contribution in [3.63, 3.8) is 0 Å². The molecule has 11 heteroatoms. The highest BCUT2D eigenvalue weighted by Gasteiger charge is 2.85. The fourth-order valence-corrected chi connectivity index (χ4v) is 8.64. The van der Waals surface area contributed by atoms with Crippen molar-refractivity contribution in [2.24, 2.45) is 34.5 Å². The SMILES string of the molecule is COC(=O)C12OCC34C(CC5C(C)C=C6OC(=O)C=C6C5(C)C3C(O)C1O)OC(=O)C(OC(C)=O)C24. The molecule has 0 aromatic heterocycles. The van der Waals surface area contributed by atoms with Gasteiger partial charge in [-0.3, -0.25) is 4.79 Å². The molecule has 0 amide bonds. The maximum Gasteiger partial charge on any atom is 0.348 e. The minimum Gasteiger partial charge on any atom is -0.467 e. The van der Waals surface area contributed by atoms with Crippen LogP contribution >= 0.6 is 0 Å². The Bertz CT molecular complexity index is 1160. The number of aliphatic hydroxyl groups is 2. The molecule has 36 heavy (non-hydrogen) atoms. The molecule has 0 aromatic carbocycles. The summed E-state index contributed by atoms with van der Waals surface area (Å²) in [6, 6.07) is 0. The van der Waals surface area contributed by atoms with E-state index in [1.54, 1.807) is 0 Å². The molecule has 2 bridgehead atoms. The zero-order chi connectivity index (χ0) is 25.9. The third-order valence-corrected chi connectivity index (χ3v) is 9.73. The van der Waals surface area contributed by atoms with E-state index >= 15 is 0 Å². The van der Waals surface area contributed by atoms with Crippen LogP contribution in [0, 0.1) is 34.5 Å². The number of aliphatic hydroxyl groups excluding tert-OH is 2. The Balaban J connectivity index is 1.63. The lowest BCUT2D eigenvalue weighted by Gasteiger charge is -2.67. The Morgan fingerprint density at radius 1 is 1.19 bits per heavy atom. The van der Waals surface area contributed by atoms with Gasteiger partial charge in [-0.1, -0.05) is 13.8 Å². The van der Waals surface area contributed by atoms with Gasteiger partial charge in [0.25, 0.3) is 0 Å². The minimum absolute atomic E-state index is 0.132. The maximum atomic E-state index is 13.3. The van der Waals surface area contributed by atoms with E-state index in [2.05, 4.69) is 0 Å². The van der Waals surface area contributed by atoms with Gasteiger partial charge >= 0.3 is 23.9 Å². The highest BCUT2D eigenvalue weighted by Crippen LogP contribution is 2.74. The minimum atomic E-state index is -2.17. The molecule has 11 unspecified atom stereocenters. The Morgan fingerprint density at radius 2 is 1.92 bits per heavy atom. The topological polar surface area (TPSA) is 155 Å². The van der Waals surface area contributed by atoms with Crippen LogP contribution in [-0.2, 0) is 42.9 Å². The molecule has 6 aliphatic rings. The second-order valence-corrected chi connectivity index (χ2v) is 11.0. The van der Waals surface area contributed by atoms with Crippen LogP contribution in [0.15, 0.2) is 23.5 Å². The largest absolute Gasteiger partial charge is 0.467 e. The number of ether oxygens (including phenoxy) is 5. The summed E-state index contributed by atoms with van der Waals surface area (Å²) < 4.78 is 27.8. The van der Waals surface area contributed by atoms with Gasteiger partial charge in [0.1, 0.15) is 18.0 Å². The number of methoxy groups -OCH3 is 1. The van der Waals surface area contributed by atoms with Gasteiger partial charge in [-0.25, -0.2) is 14.4 Å². The molecule has 1 spiro atoms. The summed E-state index contributed by atoms with van der Waals surface area (Å²) in [5.41, 5.74) is -3.76. The van der Waals surface area contributed by atoms with Crippen molar-refractivity contribution >= 4 is 23.9 Å². The molecule has 2 saturated carbocycles. The summed E-state index contributed by atoms with van der Waals surface area (Å²) in [5.74, 6) is -5.15. The van der Waals surface area contributed by atoms with E-state index in [1.165, 1.54) is 6.08 Å². The number of hydrogen-bond donors (Lipinski definition) is 2. The Kier molecular flexibility index (Phi) is 4.71. The molecule has 3 heterocycles. The lowest BCUT2D eigenvalue weighted by Crippen LogP contribution is -2.79. The second-order valence-electron chi connectivity index (χ2n) is 11.0. The van der Waals surface area contributed by atoms with Crippen molar-refractivity contribution < 1.29 is 53.1 Å². The van der Waals surface area contributed by atoms with Crippen molar-refractivity contribution in [1.82, 2.24) is 0 Å². The number of hydrogen-bond acceptors (Lipinski definition) is 11. The van der Waals surface area contributed by atoms with E-state index in [4.69, 9.17) is 23.7 Å². The number of rotatable bonds is 2. The van der Waals surface area contributed by atoms with Gasteiger partial charge in [-0.15, -0.1) is 0 Å². The molecule has 2 saturated heterocycles. The Labute approximate surface area is 206 Å². The first-order chi connectivity index (χ1) is 16.9. The summed E-state index contributed by atoms with van der Waals surface area (Å²) in [6.07, 6.45) is -2.16. The number of allylic oxidation sites excluding steroid dienone is 2. The van der Waals surface area contributed by atoms with E-state index in [0.29, 0.717) is 17.8 Å². The Morgan fingerprint density at radius 3 is 2.58 bits per heavy atom.